The van der Waals surface area contributed by atoms with Crippen LogP contribution in [-0.4, -0.2) is 13.0 Å². The number of halogens is 1. The van der Waals surface area contributed by atoms with Gasteiger partial charge >= 0.3 is 0 Å². The molecular weight excluding hydrogens is 320 g/mol. The Balaban J connectivity index is 2.07. The molecule has 0 heterocycles. The van der Waals surface area contributed by atoms with Gasteiger partial charge in [0.05, 0.1) is 12.7 Å². The molecule has 0 spiro atoms. The number of hydrogen-bond acceptors (Lipinski definition) is 3. The molecule has 0 radical (unpaired) electrons. The third kappa shape index (κ3) is 3.30. The van der Waals surface area contributed by atoms with Crippen LogP contribution in [0.1, 0.15) is 15.9 Å². The molecule has 0 saturated carbocycles. The molecule has 0 aromatic heterocycles. The molecule has 0 fully saturated rings. The fourth-order valence-electron chi connectivity index (χ4n) is 1.79. The standard InChI is InChI=1S/C15H15BrN2O2/c1-20-11-6-7-12(14(17)8-11)15(19)18-9-10-4-2-3-5-13(10)16/h2-8H,9,17H2,1H3,(H,18,19). The number of nitrogens with two attached hydrogens (primary N) is 1. The Morgan fingerprint density at radius 2 is 2.05 bits per heavy atom. The van der Waals surface area contributed by atoms with Gasteiger partial charge in [0, 0.05) is 22.8 Å². The Morgan fingerprint density at radius 3 is 2.70 bits per heavy atom. The highest BCUT2D eigenvalue weighted by molar-refractivity contribution is 9.10. The van der Waals surface area contributed by atoms with Crippen molar-refractivity contribution in [1.29, 1.82) is 0 Å². The van der Waals surface area contributed by atoms with E-state index in [4.69, 9.17) is 10.5 Å². The van der Waals surface area contributed by atoms with Crippen LogP contribution in [-0.2, 0) is 6.54 Å². The number of ether oxygens (including phenoxy) is 1. The molecule has 2 aromatic rings. The summed E-state index contributed by atoms with van der Waals surface area (Å²) in [7, 11) is 1.56. The van der Waals surface area contributed by atoms with Crippen LogP contribution in [0.5, 0.6) is 5.75 Å². The maximum Gasteiger partial charge on any atom is 0.253 e. The third-order valence-electron chi connectivity index (χ3n) is 2.90. The molecule has 104 valence electrons. The molecule has 0 aliphatic rings. The topological polar surface area (TPSA) is 64.3 Å². The van der Waals surface area contributed by atoms with Crippen LogP contribution < -0.4 is 15.8 Å². The summed E-state index contributed by atoms with van der Waals surface area (Å²) >= 11 is 3.44. The first-order valence-electron chi connectivity index (χ1n) is 6.07. The van der Waals surface area contributed by atoms with Crippen molar-refractivity contribution in [2.75, 3.05) is 12.8 Å². The predicted molar refractivity (Wildman–Crippen MR) is 82.7 cm³/mol. The molecule has 3 N–H and O–H groups in total. The second kappa shape index (κ2) is 6.43. The minimum atomic E-state index is -0.207. The van der Waals surface area contributed by atoms with Gasteiger partial charge in [-0.2, -0.15) is 0 Å². The zero-order valence-electron chi connectivity index (χ0n) is 11.0. The number of nitrogen functional groups attached to an aromatic ring is 1. The van der Waals surface area contributed by atoms with Gasteiger partial charge in [0.1, 0.15) is 5.75 Å². The van der Waals surface area contributed by atoms with Crippen molar-refractivity contribution in [3.05, 3.63) is 58.1 Å². The second-order valence-electron chi connectivity index (χ2n) is 4.23. The van der Waals surface area contributed by atoms with Gasteiger partial charge in [-0.05, 0) is 23.8 Å². The predicted octanol–water partition coefficient (Wildman–Crippen LogP) is 2.97. The number of methoxy groups -OCH3 is 1. The number of carbonyl (C=O) groups is 1. The molecule has 0 aliphatic carbocycles. The van der Waals surface area contributed by atoms with Crippen molar-refractivity contribution >= 4 is 27.5 Å². The largest absolute Gasteiger partial charge is 0.497 e. The van der Waals surface area contributed by atoms with Crippen molar-refractivity contribution in [2.24, 2.45) is 0 Å². The number of anilines is 1. The Hall–Kier alpha value is -2.01. The van der Waals surface area contributed by atoms with Gasteiger partial charge in [-0.25, -0.2) is 0 Å². The molecule has 4 nitrogen and oxygen atoms in total. The minimum Gasteiger partial charge on any atom is -0.497 e. The molecule has 0 unspecified atom stereocenters. The van der Waals surface area contributed by atoms with Gasteiger partial charge in [-0.3, -0.25) is 4.79 Å². The molecule has 1 amide bonds. The van der Waals surface area contributed by atoms with E-state index in [9.17, 15) is 4.79 Å². The smallest absolute Gasteiger partial charge is 0.253 e. The van der Waals surface area contributed by atoms with Crippen molar-refractivity contribution < 1.29 is 9.53 Å². The summed E-state index contributed by atoms with van der Waals surface area (Å²) in [6.45, 7) is 0.436. The quantitative estimate of drug-likeness (QED) is 0.845. The van der Waals surface area contributed by atoms with Crippen LogP contribution in [0.2, 0.25) is 0 Å². The number of benzene rings is 2. The molecule has 5 heteroatoms. The van der Waals surface area contributed by atoms with Gasteiger partial charge in [-0.15, -0.1) is 0 Å². The average molecular weight is 335 g/mol. The van der Waals surface area contributed by atoms with E-state index < -0.39 is 0 Å². The van der Waals surface area contributed by atoms with Crippen LogP contribution in [0.4, 0.5) is 5.69 Å². The highest BCUT2D eigenvalue weighted by atomic mass is 79.9. The average Bonchev–Trinajstić information content (AvgIpc) is 2.46. The summed E-state index contributed by atoms with van der Waals surface area (Å²) in [5.41, 5.74) is 7.69. The highest BCUT2D eigenvalue weighted by Crippen LogP contribution is 2.20. The van der Waals surface area contributed by atoms with Crippen molar-refractivity contribution in [3.63, 3.8) is 0 Å². The van der Waals surface area contributed by atoms with E-state index in [1.807, 2.05) is 24.3 Å². The lowest BCUT2D eigenvalue weighted by Gasteiger charge is -2.10. The molecule has 0 saturated heterocycles. The zero-order chi connectivity index (χ0) is 14.5. The maximum absolute atomic E-state index is 12.1. The summed E-state index contributed by atoms with van der Waals surface area (Å²) in [6, 6.07) is 12.7. The van der Waals surface area contributed by atoms with Crippen LogP contribution in [0.25, 0.3) is 0 Å². The van der Waals surface area contributed by atoms with Gasteiger partial charge in [0.25, 0.3) is 5.91 Å². The normalized spacial score (nSPS) is 10.1. The monoisotopic (exact) mass is 334 g/mol. The van der Waals surface area contributed by atoms with Crippen LogP contribution in [0.15, 0.2) is 46.9 Å². The number of amides is 1. The van der Waals surface area contributed by atoms with Gasteiger partial charge in [0.15, 0.2) is 0 Å². The molecule has 2 rings (SSSR count). The van der Waals surface area contributed by atoms with E-state index in [0.29, 0.717) is 23.5 Å². The Morgan fingerprint density at radius 1 is 1.30 bits per heavy atom. The van der Waals surface area contributed by atoms with E-state index in [0.717, 1.165) is 10.0 Å². The van der Waals surface area contributed by atoms with E-state index in [-0.39, 0.29) is 5.91 Å². The van der Waals surface area contributed by atoms with Crippen LogP contribution in [0.3, 0.4) is 0 Å². The first-order valence-corrected chi connectivity index (χ1v) is 6.86. The molecular formula is C15H15BrN2O2. The zero-order valence-corrected chi connectivity index (χ0v) is 12.6. The maximum atomic E-state index is 12.1. The first-order chi connectivity index (χ1) is 9.61. The van der Waals surface area contributed by atoms with Crippen molar-refractivity contribution in [2.45, 2.75) is 6.54 Å². The van der Waals surface area contributed by atoms with Gasteiger partial charge in [-0.1, -0.05) is 34.1 Å². The SMILES string of the molecule is COc1ccc(C(=O)NCc2ccccc2Br)c(N)c1. The van der Waals surface area contributed by atoms with Crippen LogP contribution >= 0.6 is 15.9 Å². The van der Waals surface area contributed by atoms with E-state index >= 15 is 0 Å². The molecule has 0 atom stereocenters. The minimum absolute atomic E-state index is 0.207. The van der Waals surface area contributed by atoms with Gasteiger partial charge in [0.2, 0.25) is 0 Å². The molecule has 20 heavy (non-hydrogen) atoms. The lowest BCUT2D eigenvalue weighted by Crippen LogP contribution is -2.24. The number of nitrogens with one attached hydrogen (secondary N) is 1. The Bertz CT molecular complexity index is 629. The lowest BCUT2D eigenvalue weighted by atomic mass is 10.1. The summed E-state index contributed by atoms with van der Waals surface area (Å²) in [6.07, 6.45) is 0. The highest BCUT2D eigenvalue weighted by Gasteiger charge is 2.10. The summed E-state index contributed by atoms with van der Waals surface area (Å²) in [5, 5.41) is 2.84. The summed E-state index contributed by atoms with van der Waals surface area (Å²) in [4.78, 5) is 12.1. The fraction of sp³-hybridized carbons (Fsp3) is 0.133. The first kappa shape index (κ1) is 14.4. The fourth-order valence-corrected chi connectivity index (χ4v) is 2.21. The molecule has 0 aliphatic heterocycles. The van der Waals surface area contributed by atoms with Crippen LogP contribution in [0, 0.1) is 0 Å². The number of rotatable bonds is 4. The van der Waals surface area contributed by atoms with Gasteiger partial charge < -0.3 is 15.8 Å². The van der Waals surface area contributed by atoms with Crippen molar-refractivity contribution in [3.8, 4) is 5.75 Å². The summed E-state index contributed by atoms with van der Waals surface area (Å²) < 4.78 is 6.02. The second-order valence-corrected chi connectivity index (χ2v) is 5.08. The number of carbonyl (C=O) groups excluding carboxylic acids is 1. The Kier molecular flexibility index (Phi) is 4.63. The lowest BCUT2D eigenvalue weighted by molar-refractivity contribution is 0.0951. The summed E-state index contributed by atoms with van der Waals surface area (Å²) in [5.74, 6) is 0.422. The third-order valence-corrected chi connectivity index (χ3v) is 3.67. The van der Waals surface area contributed by atoms with E-state index in [2.05, 4.69) is 21.2 Å². The van der Waals surface area contributed by atoms with E-state index in [1.165, 1.54) is 0 Å². The number of hydrogen-bond donors (Lipinski definition) is 2. The van der Waals surface area contributed by atoms with Crippen molar-refractivity contribution in [1.82, 2.24) is 5.32 Å². The Labute approximate surface area is 126 Å². The molecule has 0 bridgehead atoms. The molecule has 2 aromatic carbocycles. The van der Waals surface area contributed by atoms with E-state index in [1.54, 1.807) is 25.3 Å².